The molecule has 2 aromatic carbocycles. The number of likely N-dealkylation sites (N-methyl/N-ethyl adjacent to an activating group) is 1. The predicted molar refractivity (Wildman–Crippen MR) is 156 cm³/mol. The van der Waals surface area contributed by atoms with Gasteiger partial charge in [-0.3, -0.25) is 9.69 Å². The molecule has 0 radical (unpaired) electrons. The molecule has 3 atom stereocenters. The normalized spacial score (nSPS) is 17.9. The maximum Gasteiger partial charge on any atom is 0.327 e. The van der Waals surface area contributed by atoms with Crippen LogP contribution in [0.2, 0.25) is 0 Å². The van der Waals surface area contributed by atoms with E-state index in [9.17, 15) is 9.59 Å². The Hall–Kier alpha value is -3.16. The molecule has 1 heterocycles. The molecule has 0 unspecified atom stereocenters. The second-order valence-corrected chi connectivity index (χ2v) is 10.2. The van der Waals surface area contributed by atoms with Gasteiger partial charge in [0.25, 0.3) is 0 Å². The first-order valence-electron chi connectivity index (χ1n) is 14.1. The van der Waals surface area contributed by atoms with E-state index in [1.165, 1.54) is 4.90 Å². The van der Waals surface area contributed by atoms with Gasteiger partial charge in [0.2, 0.25) is 5.91 Å². The van der Waals surface area contributed by atoms with Crippen molar-refractivity contribution in [3.8, 4) is 5.75 Å². The minimum Gasteiger partial charge on any atom is -0.469 e. The first-order valence-corrected chi connectivity index (χ1v) is 14.1. The Morgan fingerprint density at radius 1 is 1.05 bits per heavy atom. The number of likely N-dealkylation sites (tertiary alicyclic amines) is 1. The van der Waals surface area contributed by atoms with Crippen LogP contribution in [0.3, 0.4) is 0 Å². The summed E-state index contributed by atoms with van der Waals surface area (Å²) in [6, 6.07) is 15.3. The van der Waals surface area contributed by atoms with Gasteiger partial charge in [0.1, 0.15) is 11.2 Å². The number of hydrogen-bond donors (Lipinski definition) is 1. The number of imide groups is 1. The molecular formula is C32H45N3O4. The van der Waals surface area contributed by atoms with Crippen LogP contribution >= 0.6 is 0 Å². The molecule has 7 heteroatoms. The zero-order chi connectivity index (χ0) is 28.6. The van der Waals surface area contributed by atoms with Gasteiger partial charge in [0, 0.05) is 7.11 Å². The largest absolute Gasteiger partial charge is 0.469 e. The van der Waals surface area contributed by atoms with E-state index >= 15 is 0 Å². The van der Waals surface area contributed by atoms with E-state index in [1.54, 1.807) is 13.2 Å². The molecule has 1 aliphatic rings. The van der Waals surface area contributed by atoms with E-state index in [-0.39, 0.29) is 18.0 Å². The van der Waals surface area contributed by atoms with Crippen LogP contribution in [0.4, 0.5) is 4.79 Å². The third-order valence-corrected chi connectivity index (χ3v) is 8.10. The smallest absolute Gasteiger partial charge is 0.327 e. The van der Waals surface area contributed by atoms with Crippen molar-refractivity contribution < 1.29 is 19.1 Å². The van der Waals surface area contributed by atoms with Gasteiger partial charge in [0.05, 0.1) is 18.7 Å². The molecule has 1 saturated heterocycles. The van der Waals surface area contributed by atoms with Crippen LogP contribution in [0, 0.1) is 12.3 Å². The molecule has 212 valence electrons. The van der Waals surface area contributed by atoms with Crippen molar-refractivity contribution in [2.24, 2.45) is 5.41 Å². The lowest BCUT2D eigenvalue weighted by molar-refractivity contribution is -0.191. The zero-order valence-electron chi connectivity index (χ0n) is 24.4. The van der Waals surface area contributed by atoms with Crippen LogP contribution < -0.4 is 10.1 Å². The third-order valence-electron chi connectivity index (χ3n) is 8.10. The average Bonchev–Trinajstić information content (AvgIpc) is 2.94. The van der Waals surface area contributed by atoms with Crippen LogP contribution in [-0.2, 0) is 9.53 Å². The summed E-state index contributed by atoms with van der Waals surface area (Å²) in [5.74, 6) is 0.423. The second kappa shape index (κ2) is 13.8. The third kappa shape index (κ3) is 6.36. The Bertz CT molecular complexity index is 1090. The van der Waals surface area contributed by atoms with Crippen molar-refractivity contribution >= 4 is 11.9 Å². The van der Waals surface area contributed by atoms with Crippen molar-refractivity contribution in [3.05, 3.63) is 77.9 Å². The average molecular weight is 536 g/mol. The Labute approximate surface area is 234 Å². The highest BCUT2D eigenvalue weighted by atomic mass is 16.5. The van der Waals surface area contributed by atoms with Gasteiger partial charge in [-0.1, -0.05) is 75.7 Å². The molecule has 39 heavy (non-hydrogen) atoms. The van der Waals surface area contributed by atoms with Crippen LogP contribution in [0.25, 0.3) is 0 Å². The number of amides is 3. The Balaban J connectivity index is 1.83. The molecule has 1 N–H and O–H groups in total. The molecule has 0 aliphatic carbocycles. The van der Waals surface area contributed by atoms with Crippen molar-refractivity contribution in [2.75, 3.05) is 26.8 Å². The fourth-order valence-corrected chi connectivity index (χ4v) is 5.49. The van der Waals surface area contributed by atoms with Crippen LogP contribution in [0.1, 0.15) is 75.7 Å². The molecule has 0 saturated carbocycles. The molecule has 1 fully saturated rings. The number of rotatable bonds is 14. The van der Waals surface area contributed by atoms with Crippen molar-refractivity contribution in [3.63, 3.8) is 0 Å². The summed E-state index contributed by atoms with van der Waals surface area (Å²) in [6.45, 7) is 16.5. The molecule has 3 rings (SSSR count). The standard InChI is InChI=1S/C32H45N3O4/c1-8-13-27(24-16-14-23(6)15-17-24)33-31(37)35-29(36)32(9-2,10-3)30(35)39-26-20-18-25(19-21-26)28(22-38-7)34(11-4)12-5/h8,14-21,27-28,30H,1,9-13,22H2,2-7H3,(H,33,37)/t27-,28-,30+/m1/s1. The van der Waals surface area contributed by atoms with Gasteiger partial charge in [-0.25, -0.2) is 9.69 Å². The molecule has 0 spiro atoms. The van der Waals surface area contributed by atoms with Gasteiger partial charge >= 0.3 is 6.03 Å². The van der Waals surface area contributed by atoms with E-state index in [4.69, 9.17) is 9.47 Å². The molecule has 2 aromatic rings. The van der Waals surface area contributed by atoms with Gasteiger partial charge in [0.15, 0.2) is 6.23 Å². The number of benzene rings is 2. The van der Waals surface area contributed by atoms with Crippen molar-refractivity contribution in [2.45, 2.75) is 72.2 Å². The number of urea groups is 1. The van der Waals surface area contributed by atoms with Crippen LogP contribution in [-0.4, -0.2) is 54.8 Å². The number of methoxy groups -OCH3 is 1. The van der Waals surface area contributed by atoms with E-state index < -0.39 is 17.7 Å². The monoisotopic (exact) mass is 535 g/mol. The lowest BCUT2D eigenvalue weighted by Gasteiger charge is -2.53. The molecule has 7 nitrogen and oxygen atoms in total. The number of β-lactam (4-membered cyclic amide) rings is 1. The maximum absolute atomic E-state index is 13.5. The quantitative estimate of drug-likeness (QED) is 0.224. The zero-order valence-corrected chi connectivity index (χ0v) is 24.4. The highest BCUT2D eigenvalue weighted by Gasteiger charge is 2.63. The lowest BCUT2D eigenvalue weighted by Crippen LogP contribution is -2.73. The van der Waals surface area contributed by atoms with Crippen molar-refractivity contribution in [1.29, 1.82) is 0 Å². The maximum atomic E-state index is 13.5. The van der Waals surface area contributed by atoms with E-state index in [0.717, 1.165) is 29.8 Å². The Morgan fingerprint density at radius 2 is 1.64 bits per heavy atom. The number of nitrogens with zero attached hydrogens (tertiary/aromatic N) is 2. The first kappa shape index (κ1) is 30.4. The lowest BCUT2D eigenvalue weighted by atomic mass is 9.72. The summed E-state index contributed by atoms with van der Waals surface area (Å²) in [5, 5.41) is 3.05. The fraction of sp³-hybridized carbons (Fsp3) is 0.500. The molecule has 3 amide bonds. The summed E-state index contributed by atoms with van der Waals surface area (Å²) in [4.78, 5) is 30.5. The Kier molecular flexibility index (Phi) is 10.7. The second-order valence-electron chi connectivity index (χ2n) is 10.2. The van der Waals surface area contributed by atoms with Gasteiger partial charge in [-0.2, -0.15) is 0 Å². The van der Waals surface area contributed by atoms with E-state index in [1.807, 2.05) is 69.3 Å². The number of aryl methyl sites for hydroxylation is 1. The summed E-state index contributed by atoms with van der Waals surface area (Å²) < 4.78 is 11.9. The summed E-state index contributed by atoms with van der Waals surface area (Å²) in [5.41, 5.74) is 2.50. The Morgan fingerprint density at radius 3 is 2.15 bits per heavy atom. The van der Waals surface area contributed by atoms with E-state index in [2.05, 4.69) is 30.6 Å². The van der Waals surface area contributed by atoms with Gasteiger partial charge < -0.3 is 14.8 Å². The number of ether oxygens (including phenoxy) is 2. The predicted octanol–water partition coefficient (Wildman–Crippen LogP) is 6.40. The summed E-state index contributed by atoms with van der Waals surface area (Å²) >= 11 is 0. The number of hydrogen-bond acceptors (Lipinski definition) is 5. The summed E-state index contributed by atoms with van der Waals surface area (Å²) in [6.07, 6.45) is 2.80. The SMILES string of the molecule is C=CC[C@@H](NC(=O)N1C(=O)C(CC)(CC)[C@@H]1Oc1ccc([C@@H](COC)N(CC)CC)cc1)c1ccc(C)cc1. The number of nitrogens with one attached hydrogen (secondary N) is 1. The van der Waals surface area contributed by atoms with E-state index in [0.29, 0.717) is 31.6 Å². The highest BCUT2D eigenvalue weighted by Crippen LogP contribution is 2.46. The first-order chi connectivity index (χ1) is 18.8. The van der Waals surface area contributed by atoms with Crippen molar-refractivity contribution in [1.82, 2.24) is 15.1 Å². The minimum absolute atomic E-state index is 0.139. The molecule has 1 aliphatic heterocycles. The number of carbonyl (C=O) groups excluding carboxylic acids is 2. The highest BCUT2D eigenvalue weighted by molar-refractivity contribution is 6.03. The van der Waals surface area contributed by atoms with Gasteiger partial charge in [-0.15, -0.1) is 6.58 Å². The number of carbonyl (C=O) groups is 2. The van der Waals surface area contributed by atoms with Gasteiger partial charge in [-0.05, 0) is 62.5 Å². The molecule has 0 aromatic heterocycles. The molecular weight excluding hydrogens is 490 g/mol. The van der Waals surface area contributed by atoms with Crippen LogP contribution in [0.5, 0.6) is 5.75 Å². The fourth-order valence-electron chi connectivity index (χ4n) is 5.49. The topological polar surface area (TPSA) is 71.1 Å². The minimum atomic E-state index is -0.742. The summed E-state index contributed by atoms with van der Waals surface area (Å²) in [7, 11) is 1.72. The molecule has 0 bridgehead atoms. The van der Waals surface area contributed by atoms with Crippen LogP contribution in [0.15, 0.2) is 61.2 Å².